The number of nitrogens with zero attached hydrogens (tertiary/aromatic N) is 1. The molecule has 0 fully saturated rings. The van der Waals surface area contributed by atoms with Gasteiger partial charge in [0.1, 0.15) is 5.69 Å². The molecule has 1 rings (SSSR count). The van der Waals surface area contributed by atoms with Crippen LogP contribution in [0, 0.1) is 0 Å². The topological polar surface area (TPSA) is 74.8 Å². The number of carbonyl (C=O) groups excluding carboxylic acids is 1. The van der Waals surface area contributed by atoms with Crippen molar-refractivity contribution in [2.75, 3.05) is 6.54 Å². The zero-order valence-corrected chi connectivity index (χ0v) is 8.80. The SMILES string of the molecule is C=C(Br)CNC(=O)c1ccc(=O)[nH]n1. The Morgan fingerprint density at radius 2 is 2.36 bits per heavy atom. The van der Waals surface area contributed by atoms with Gasteiger partial charge < -0.3 is 5.32 Å². The molecule has 1 amide bonds. The number of rotatable bonds is 3. The molecule has 0 unspecified atom stereocenters. The summed E-state index contributed by atoms with van der Waals surface area (Å²) in [6.07, 6.45) is 0. The molecule has 2 N–H and O–H groups in total. The van der Waals surface area contributed by atoms with Crippen molar-refractivity contribution >= 4 is 21.8 Å². The molecule has 5 nitrogen and oxygen atoms in total. The Bertz CT molecular complexity index is 393. The van der Waals surface area contributed by atoms with Crippen LogP contribution in [0.3, 0.4) is 0 Å². The number of amides is 1. The van der Waals surface area contributed by atoms with E-state index < -0.39 is 0 Å². The number of hydrogen-bond donors (Lipinski definition) is 2. The van der Waals surface area contributed by atoms with Crippen LogP contribution in [0.4, 0.5) is 0 Å². The summed E-state index contributed by atoms with van der Waals surface area (Å²) in [6.45, 7) is 3.88. The molecule has 0 aliphatic rings. The molecule has 0 aliphatic carbocycles. The van der Waals surface area contributed by atoms with E-state index in [9.17, 15) is 9.59 Å². The molecule has 1 heterocycles. The van der Waals surface area contributed by atoms with Gasteiger partial charge in [-0.2, -0.15) is 5.10 Å². The molecule has 14 heavy (non-hydrogen) atoms. The summed E-state index contributed by atoms with van der Waals surface area (Å²) in [5, 5.41) is 8.28. The van der Waals surface area contributed by atoms with Gasteiger partial charge in [0.2, 0.25) is 0 Å². The number of halogens is 1. The highest BCUT2D eigenvalue weighted by Crippen LogP contribution is 1.97. The maximum absolute atomic E-state index is 11.3. The van der Waals surface area contributed by atoms with Crippen LogP contribution < -0.4 is 10.9 Å². The minimum absolute atomic E-state index is 0.165. The predicted molar refractivity (Wildman–Crippen MR) is 55.3 cm³/mol. The molecule has 1 aromatic rings. The zero-order valence-electron chi connectivity index (χ0n) is 7.21. The van der Waals surface area contributed by atoms with E-state index in [1.807, 2.05) is 0 Å². The molecule has 0 saturated carbocycles. The molecule has 74 valence electrons. The van der Waals surface area contributed by atoms with Gasteiger partial charge in [0.25, 0.3) is 11.5 Å². The van der Waals surface area contributed by atoms with Crippen molar-refractivity contribution in [3.05, 3.63) is 39.2 Å². The molecular formula is C8H8BrN3O2. The molecule has 0 spiro atoms. The molecule has 0 radical (unpaired) electrons. The van der Waals surface area contributed by atoms with Gasteiger partial charge in [0, 0.05) is 17.1 Å². The van der Waals surface area contributed by atoms with Crippen LogP contribution in [-0.4, -0.2) is 22.6 Å². The van der Waals surface area contributed by atoms with Crippen molar-refractivity contribution in [3.8, 4) is 0 Å². The highest BCUT2D eigenvalue weighted by atomic mass is 79.9. The number of hydrogen-bond acceptors (Lipinski definition) is 3. The van der Waals surface area contributed by atoms with Crippen LogP contribution in [-0.2, 0) is 0 Å². The van der Waals surface area contributed by atoms with Crippen molar-refractivity contribution < 1.29 is 4.79 Å². The summed E-state index contributed by atoms with van der Waals surface area (Å²) in [7, 11) is 0. The fourth-order valence-corrected chi connectivity index (χ4v) is 0.878. The number of carbonyl (C=O) groups is 1. The summed E-state index contributed by atoms with van der Waals surface area (Å²) in [5.74, 6) is -0.359. The van der Waals surface area contributed by atoms with E-state index in [1.54, 1.807) is 0 Å². The van der Waals surface area contributed by atoms with Gasteiger partial charge in [-0.3, -0.25) is 9.59 Å². The van der Waals surface area contributed by atoms with E-state index in [4.69, 9.17) is 0 Å². The summed E-state index contributed by atoms with van der Waals surface area (Å²) in [4.78, 5) is 21.9. The monoisotopic (exact) mass is 257 g/mol. The lowest BCUT2D eigenvalue weighted by atomic mass is 10.3. The minimum Gasteiger partial charge on any atom is -0.346 e. The first-order valence-corrected chi connectivity index (χ1v) is 4.56. The Morgan fingerprint density at radius 1 is 1.64 bits per heavy atom. The first-order chi connectivity index (χ1) is 6.59. The molecule has 0 aromatic carbocycles. The van der Waals surface area contributed by atoms with Crippen LogP contribution in [0.25, 0.3) is 0 Å². The minimum atomic E-state index is -0.359. The smallest absolute Gasteiger partial charge is 0.271 e. The Balaban J connectivity index is 2.65. The molecule has 0 atom stereocenters. The standard InChI is InChI=1S/C8H8BrN3O2/c1-5(9)4-10-8(14)6-2-3-7(13)12-11-6/h2-3H,1,4H2,(H,10,14)(H,12,13). The Labute approximate surface area is 88.3 Å². The van der Waals surface area contributed by atoms with Crippen LogP contribution >= 0.6 is 15.9 Å². The van der Waals surface area contributed by atoms with Gasteiger partial charge in [-0.05, 0) is 6.07 Å². The maximum atomic E-state index is 11.3. The Kier molecular flexibility index (Phi) is 3.58. The Morgan fingerprint density at radius 3 is 2.86 bits per heavy atom. The van der Waals surface area contributed by atoms with Gasteiger partial charge in [-0.15, -0.1) is 0 Å². The predicted octanol–water partition coefficient (Wildman–Crippen LogP) is 0.408. The number of H-pyrrole nitrogens is 1. The van der Waals surface area contributed by atoms with E-state index in [2.05, 4.69) is 38.0 Å². The maximum Gasteiger partial charge on any atom is 0.271 e. The second kappa shape index (κ2) is 4.71. The van der Waals surface area contributed by atoms with E-state index in [0.717, 1.165) is 0 Å². The van der Waals surface area contributed by atoms with Crippen molar-refractivity contribution in [3.63, 3.8) is 0 Å². The Hall–Kier alpha value is -1.43. The summed E-state index contributed by atoms with van der Waals surface area (Å²) in [6, 6.07) is 2.59. The largest absolute Gasteiger partial charge is 0.346 e. The van der Waals surface area contributed by atoms with Crippen LogP contribution in [0.5, 0.6) is 0 Å². The second-order valence-corrected chi connectivity index (χ2v) is 3.63. The molecule has 0 aliphatic heterocycles. The van der Waals surface area contributed by atoms with Crippen LogP contribution in [0.15, 0.2) is 28.0 Å². The van der Waals surface area contributed by atoms with Crippen LogP contribution in [0.1, 0.15) is 10.5 Å². The zero-order chi connectivity index (χ0) is 10.6. The van der Waals surface area contributed by atoms with Gasteiger partial charge in [-0.1, -0.05) is 22.5 Å². The van der Waals surface area contributed by atoms with Gasteiger partial charge >= 0.3 is 0 Å². The average molecular weight is 258 g/mol. The molecular weight excluding hydrogens is 250 g/mol. The number of nitrogens with one attached hydrogen (secondary N) is 2. The molecule has 0 bridgehead atoms. The van der Waals surface area contributed by atoms with Gasteiger partial charge in [0.05, 0.1) is 0 Å². The fourth-order valence-electron chi connectivity index (χ4n) is 0.738. The summed E-state index contributed by atoms with van der Waals surface area (Å²) >= 11 is 3.10. The van der Waals surface area contributed by atoms with E-state index in [-0.39, 0.29) is 17.2 Å². The summed E-state index contributed by atoms with van der Waals surface area (Å²) in [5.41, 5.74) is -0.176. The van der Waals surface area contributed by atoms with Crippen molar-refractivity contribution in [2.24, 2.45) is 0 Å². The lowest BCUT2D eigenvalue weighted by Crippen LogP contribution is -2.26. The number of aromatic nitrogens is 2. The third-order valence-corrected chi connectivity index (χ3v) is 1.63. The average Bonchev–Trinajstić information content (AvgIpc) is 2.15. The first kappa shape index (κ1) is 10.6. The first-order valence-electron chi connectivity index (χ1n) is 3.77. The third kappa shape index (κ3) is 3.14. The van der Waals surface area contributed by atoms with E-state index in [1.165, 1.54) is 12.1 Å². The van der Waals surface area contributed by atoms with Crippen molar-refractivity contribution in [2.45, 2.75) is 0 Å². The van der Waals surface area contributed by atoms with Gasteiger partial charge in [0.15, 0.2) is 0 Å². The normalized spacial score (nSPS) is 9.50. The highest BCUT2D eigenvalue weighted by molar-refractivity contribution is 9.11. The lowest BCUT2D eigenvalue weighted by molar-refractivity contribution is 0.0951. The quantitative estimate of drug-likeness (QED) is 0.824. The molecule has 1 aromatic heterocycles. The third-order valence-electron chi connectivity index (χ3n) is 1.35. The van der Waals surface area contributed by atoms with Crippen molar-refractivity contribution in [1.82, 2.24) is 15.5 Å². The second-order valence-electron chi connectivity index (χ2n) is 2.51. The molecule has 6 heteroatoms. The van der Waals surface area contributed by atoms with Crippen molar-refractivity contribution in [1.29, 1.82) is 0 Å². The number of aromatic amines is 1. The van der Waals surface area contributed by atoms with E-state index in [0.29, 0.717) is 11.0 Å². The van der Waals surface area contributed by atoms with Gasteiger partial charge in [-0.25, -0.2) is 5.10 Å². The highest BCUT2D eigenvalue weighted by Gasteiger charge is 2.05. The van der Waals surface area contributed by atoms with Crippen LogP contribution in [0.2, 0.25) is 0 Å². The molecule has 0 saturated heterocycles. The van der Waals surface area contributed by atoms with E-state index >= 15 is 0 Å². The lowest BCUT2D eigenvalue weighted by Gasteiger charge is -2.01. The summed E-state index contributed by atoms with van der Waals surface area (Å²) < 4.78 is 0.662. The fraction of sp³-hybridized carbons (Fsp3) is 0.125.